The molecule has 0 aromatic heterocycles. The van der Waals surface area contributed by atoms with Gasteiger partial charge in [-0.3, -0.25) is 4.79 Å². The number of fused-ring (bicyclic) bond motifs is 5. The maximum absolute atomic E-state index is 11.5. The lowest BCUT2D eigenvalue weighted by molar-refractivity contribution is -0.148. The summed E-state index contributed by atoms with van der Waals surface area (Å²) in [5, 5.41) is 0. The van der Waals surface area contributed by atoms with Gasteiger partial charge in [0.05, 0.1) is 0 Å². The van der Waals surface area contributed by atoms with E-state index in [1.165, 1.54) is 38.5 Å². The van der Waals surface area contributed by atoms with E-state index >= 15 is 0 Å². The number of rotatable bonds is 6. The smallest absolute Gasteiger partial charge is 0.302 e. The summed E-state index contributed by atoms with van der Waals surface area (Å²) in [6.07, 6.45) is 17.9. The molecule has 8 atom stereocenters. The summed E-state index contributed by atoms with van der Waals surface area (Å²) in [4.78, 5) is 11.5. The second kappa shape index (κ2) is 9.78. The van der Waals surface area contributed by atoms with Crippen molar-refractivity contribution in [2.75, 3.05) is 0 Å². The zero-order valence-electron chi connectivity index (χ0n) is 23.4. The first-order valence-electron chi connectivity index (χ1n) is 14.5. The molecule has 34 heavy (non-hydrogen) atoms. The first kappa shape index (κ1) is 26.0. The minimum Gasteiger partial charge on any atom is -0.462 e. The minimum absolute atomic E-state index is 0.103. The third kappa shape index (κ3) is 4.57. The Morgan fingerprint density at radius 1 is 0.971 bits per heavy atom. The van der Waals surface area contributed by atoms with Crippen molar-refractivity contribution < 1.29 is 9.53 Å². The fourth-order valence-corrected chi connectivity index (χ4v) is 9.52. The van der Waals surface area contributed by atoms with Crippen molar-refractivity contribution in [1.29, 1.82) is 0 Å². The van der Waals surface area contributed by atoms with Gasteiger partial charge < -0.3 is 4.74 Å². The lowest BCUT2D eigenvalue weighted by Gasteiger charge is -2.58. The molecular weight excluding hydrogens is 416 g/mol. The van der Waals surface area contributed by atoms with Gasteiger partial charge in [-0.15, -0.1) is 0 Å². The Kier molecular flexibility index (Phi) is 7.48. The fourth-order valence-electron chi connectivity index (χ4n) is 9.52. The quantitative estimate of drug-likeness (QED) is 0.288. The molecule has 4 aliphatic rings. The molecule has 0 amide bonds. The standard InChI is InChI=1S/C32H52O2/c1-20(2)26(21(3)4)11-9-22(5)28-13-14-29-27-12-10-24-19-25(34-23(6)33)15-17-31(24,7)30(27)16-18-32(28,29)8/h9-11,20-22,25-30H,12-19H2,1-8H3/b11-9-/t22-,25+,27+,28-,29+,30+,31+,32-/m1/s1. The fraction of sp³-hybridized carbons (Fsp3) is 0.844. The van der Waals surface area contributed by atoms with Gasteiger partial charge in [0.1, 0.15) is 6.10 Å². The second-order valence-electron chi connectivity index (χ2n) is 13.8. The minimum atomic E-state index is -0.121. The number of carbonyl (C=O) groups excluding carboxylic acids is 1. The van der Waals surface area contributed by atoms with E-state index in [0.29, 0.717) is 34.5 Å². The van der Waals surface area contributed by atoms with Crippen LogP contribution in [-0.4, -0.2) is 12.1 Å². The highest BCUT2D eigenvalue weighted by atomic mass is 16.5. The lowest BCUT2D eigenvalue weighted by Crippen LogP contribution is -2.51. The number of ether oxygens (including phenoxy) is 1. The molecule has 3 saturated carbocycles. The molecule has 0 spiro atoms. The molecule has 0 N–H and O–H groups in total. The summed E-state index contributed by atoms with van der Waals surface area (Å²) >= 11 is 0. The number of carbonyl (C=O) groups is 1. The Balaban J connectivity index is 1.49. The molecule has 0 heterocycles. The molecule has 0 unspecified atom stereocenters. The molecule has 0 aliphatic heterocycles. The van der Waals surface area contributed by atoms with Crippen molar-refractivity contribution in [3.8, 4) is 0 Å². The third-order valence-electron chi connectivity index (χ3n) is 11.3. The van der Waals surface area contributed by atoms with Crippen molar-refractivity contribution in [2.24, 2.45) is 58.2 Å². The van der Waals surface area contributed by atoms with Gasteiger partial charge in [0.25, 0.3) is 0 Å². The van der Waals surface area contributed by atoms with Crippen LogP contribution >= 0.6 is 0 Å². The molecule has 0 aromatic rings. The molecule has 3 fully saturated rings. The summed E-state index contributed by atoms with van der Waals surface area (Å²) in [6, 6.07) is 0. The van der Waals surface area contributed by atoms with Gasteiger partial charge in [0.15, 0.2) is 0 Å². The number of allylic oxidation sites excluding steroid dienone is 3. The molecule has 2 nitrogen and oxygen atoms in total. The van der Waals surface area contributed by atoms with Gasteiger partial charge in [-0.05, 0) is 103 Å². The third-order valence-corrected chi connectivity index (χ3v) is 11.3. The molecule has 0 saturated heterocycles. The van der Waals surface area contributed by atoms with Gasteiger partial charge in [-0.1, -0.05) is 72.3 Å². The maximum Gasteiger partial charge on any atom is 0.302 e. The highest BCUT2D eigenvalue weighted by Gasteiger charge is 2.59. The summed E-state index contributed by atoms with van der Waals surface area (Å²) in [5.74, 6) is 6.04. The van der Waals surface area contributed by atoms with Gasteiger partial charge in [0.2, 0.25) is 0 Å². The van der Waals surface area contributed by atoms with E-state index in [1.54, 1.807) is 12.5 Å². The van der Waals surface area contributed by atoms with Crippen molar-refractivity contribution in [3.63, 3.8) is 0 Å². The van der Waals surface area contributed by atoms with Crippen LogP contribution < -0.4 is 0 Å². The van der Waals surface area contributed by atoms with Gasteiger partial charge in [0, 0.05) is 13.3 Å². The van der Waals surface area contributed by atoms with Gasteiger partial charge >= 0.3 is 5.97 Å². The Morgan fingerprint density at radius 2 is 1.68 bits per heavy atom. The number of esters is 1. The van der Waals surface area contributed by atoms with Gasteiger partial charge in [-0.25, -0.2) is 0 Å². The summed E-state index contributed by atoms with van der Waals surface area (Å²) in [7, 11) is 0. The van der Waals surface area contributed by atoms with Crippen LogP contribution in [0.1, 0.15) is 107 Å². The topological polar surface area (TPSA) is 26.3 Å². The molecule has 0 radical (unpaired) electrons. The molecular formula is C32H52O2. The maximum atomic E-state index is 11.5. The van der Waals surface area contributed by atoms with Crippen LogP contribution in [0.15, 0.2) is 23.8 Å². The highest BCUT2D eigenvalue weighted by Crippen LogP contribution is 2.67. The van der Waals surface area contributed by atoms with Crippen LogP contribution in [0.5, 0.6) is 0 Å². The van der Waals surface area contributed by atoms with E-state index in [9.17, 15) is 4.79 Å². The van der Waals surface area contributed by atoms with Crippen LogP contribution in [0.25, 0.3) is 0 Å². The summed E-state index contributed by atoms with van der Waals surface area (Å²) in [5.41, 5.74) is 2.42. The average Bonchev–Trinajstić information content (AvgIpc) is 3.10. The molecule has 192 valence electrons. The van der Waals surface area contributed by atoms with Crippen molar-refractivity contribution in [1.82, 2.24) is 0 Å². The normalized spacial score (nSPS) is 40.8. The second-order valence-corrected chi connectivity index (χ2v) is 13.8. The van der Waals surface area contributed by atoms with Gasteiger partial charge in [-0.2, -0.15) is 0 Å². The number of hydrogen-bond donors (Lipinski definition) is 0. The van der Waals surface area contributed by atoms with E-state index in [4.69, 9.17) is 4.74 Å². The van der Waals surface area contributed by atoms with Crippen LogP contribution in [0.4, 0.5) is 0 Å². The zero-order valence-corrected chi connectivity index (χ0v) is 23.4. The molecule has 4 aliphatic carbocycles. The van der Waals surface area contributed by atoms with E-state index in [-0.39, 0.29) is 12.1 Å². The van der Waals surface area contributed by atoms with Crippen molar-refractivity contribution in [2.45, 2.75) is 113 Å². The Hall–Kier alpha value is -1.05. The van der Waals surface area contributed by atoms with Crippen LogP contribution in [0.3, 0.4) is 0 Å². The zero-order chi connectivity index (χ0) is 24.8. The predicted molar refractivity (Wildman–Crippen MR) is 142 cm³/mol. The molecule has 4 rings (SSSR count). The van der Waals surface area contributed by atoms with E-state index in [2.05, 4.69) is 66.7 Å². The lowest BCUT2D eigenvalue weighted by atomic mass is 9.47. The molecule has 0 aromatic carbocycles. The monoisotopic (exact) mass is 468 g/mol. The summed E-state index contributed by atoms with van der Waals surface area (Å²) in [6.45, 7) is 18.8. The van der Waals surface area contributed by atoms with E-state index < -0.39 is 0 Å². The largest absolute Gasteiger partial charge is 0.462 e. The molecule has 2 heteroatoms. The van der Waals surface area contributed by atoms with Crippen LogP contribution in [0, 0.1) is 58.2 Å². The van der Waals surface area contributed by atoms with Crippen LogP contribution in [-0.2, 0) is 9.53 Å². The first-order chi connectivity index (χ1) is 16.0. The van der Waals surface area contributed by atoms with E-state index in [1.807, 2.05) is 0 Å². The summed E-state index contributed by atoms with van der Waals surface area (Å²) < 4.78 is 5.63. The van der Waals surface area contributed by atoms with Crippen molar-refractivity contribution in [3.05, 3.63) is 23.8 Å². The average molecular weight is 469 g/mol. The Labute approximate surface area is 210 Å². The first-order valence-corrected chi connectivity index (χ1v) is 14.5. The molecule has 0 bridgehead atoms. The Morgan fingerprint density at radius 3 is 2.32 bits per heavy atom. The van der Waals surface area contributed by atoms with Crippen molar-refractivity contribution >= 4 is 5.97 Å². The SMILES string of the molecule is CC(=O)O[C@H]1CC[C@@]2(C)C(=CC[C@H]3[C@@H]4CC[C@H]([C@H](C)/C=C\C(C(C)C)C(C)C)[C@@]4(C)CC[C@@H]32)C1. The highest BCUT2D eigenvalue weighted by molar-refractivity contribution is 5.66. The number of hydrogen-bond acceptors (Lipinski definition) is 2. The predicted octanol–water partition coefficient (Wildman–Crippen LogP) is 8.62. The Bertz CT molecular complexity index is 798. The van der Waals surface area contributed by atoms with Crippen LogP contribution in [0.2, 0.25) is 0 Å². The van der Waals surface area contributed by atoms with E-state index in [0.717, 1.165) is 36.5 Å².